The normalized spacial score (nSPS) is 10.3. The van der Waals surface area contributed by atoms with Gasteiger partial charge in [-0.3, -0.25) is 0 Å². The predicted octanol–water partition coefficient (Wildman–Crippen LogP) is 0.864. The molecule has 0 spiro atoms. The molecule has 0 radical (unpaired) electrons. The Morgan fingerprint density at radius 2 is 0.467 bits per heavy atom. The highest BCUT2D eigenvalue weighted by molar-refractivity contribution is 5.15. The molecule has 4 aromatic carbocycles. The summed E-state index contributed by atoms with van der Waals surface area (Å²) < 4.78 is 5.96. The van der Waals surface area contributed by atoms with Gasteiger partial charge < -0.3 is 0 Å². The zero-order valence-electron chi connectivity index (χ0n) is 18.0. The molecule has 30 heavy (non-hydrogen) atoms. The van der Waals surface area contributed by atoms with Crippen LogP contribution < -0.4 is 42.4 Å². The molecule has 152 valence electrons. The zero-order valence-corrected chi connectivity index (χ0v) is 22.3. The van der Waals surface area contributed by atoms with E-state index in [1.54, 1.807) is 0 Å². The van der Waals surface area contributed by atoms with Gasteiger partial charge in [0, 0.05) is 0 Å². The van der Waals surface area contributed by atoms with Crippen LogP contribution in [0.4, 0.5) is 0 Å². The van der Waals surface area contributed by atoms with Crippen molar-refractivity contribution < 1.29 is 42.4 Å². The highest BCUT2D eigenvalue weighted by Crippen LogP contribution is 1.97. The van der Waals surface area contributed by atoms with Gasteiger partial charge in [-0.15, -0.1) is 0 Å². The molecule has 0 fully saturated rings. The minimum atomic E-state index is 0.00313. The molecule has 0 aliphatic carbocycles. The number of benzene rings is 4. The Kier molecular flexibility index (Phi) is 8.94. The minimum Gasteiger partial charge on any atom is -0.0548 e. The fraction of sp³-hybridized carbons (Fsp3) is 0.143. The van der Waals surface area contributed by atoms with Crippen LogP contribution in [0.1, 0.15) is 22.3 Å². The lowest BCUT2D eigenvalue weighted by atomic mass is 10.2. The molecule has 0 unspecified atom stereocenters. The van der Waals surface area contributed by atoms with Crippen molar-refractivity contribution in [3.8, 4) is 0 Å². The van der Waals surface area contributed by atoms with Crippen molar-refractivity contribution >= 4 is 0 Å². The molecule has 0 saturated heterocycles. The van der Waals surface area contributed by atoms with E-state index in [1.807, 2.05) is 0 Å². The lowest BCUT2D eigenvalue weighted by Gasteiger charge is -1.90. The summed E-state index contributed by atoms with van der Waals surface area (Å²) in [4.78, 5) is 0. The number of hydrogen-bond acceptors (Lipinski definition) is 0. The second kappa shape index (κ2) is 11.7. The van der Waals surface area contributed by atoms with Crippen molar-refractivity contribution in [1.29, 1.82) is 0 Å². The monoisotopic (exact) mass is 618 g/mol. The van der Waals surface area contributed by atoms with Gasteiger partial charge in [-0.25, -0.2) is 0 Å². The molecule has 0 atom stereocenters. The van der Waals surface area contributed by atoms with Gasteiger partial charge >= 0.3 is 42.4 Å². The van der Waals surface area contributed by atoms with Gasteiger partial charge in [0.05, 0.1) is 0 Å². The van der Waals surface area contributed by atoms with Gasteiger partial charge in [-0.2, -0.15) is 0 Å². The standard InChI is InChI=1S/2C14H14I/c2*1-11-3-7-13(8-4-11)15-14-9-5-12(2)6-10-14/h2*3-10H,1-2H3/q2*+1. The molecule has 0 N–H and O–H groups in total. The first-order valence-electron chi connectivity index (χ1n) is 10.0. The highest BCUT2D eigenvalue weighted by atomic mass is 127. The summed E-state index contributed by atoms with van der Waals surface area (Å²) in [6.45, 7) is 8.53. The maximum Gasteiger partial charge on any atom is 0.357 e. The van der Waals surface area contributed by atoms with E-state index >= 15 is 0 Å². The van der Waals surface area contributed by atoms with Gasteiger partial charge in [0.1, 0.15) is 0 Å². The second-order valence-corrected chi connectivity index (χ2v) is 13.4. The summed E-state index contributed by atoms with van der Waals surface area (Å²) in [7, 11) is 0. The average molecular weight is 618 g/mol. The summed E-state index contributed by atoms with van der Waals surface area (Å²) in [6.07, 6.45) is 0. The van der Waals surface area contributed by atoms with Gasteiger partial charge in [-0.1, -0.05) is 70.8 Å². The summed E-state index contributed by atoms with van der Waals surface area (Å²) in [5, 5.41) is 0. The molecule has 0 aliphatic heterocycles. The Hall–Kier alpha value is -1.66. The van der Waals surface area contributed by atoms with Crippen LogP contribution in [0.2, 0.25) is 0 Å². The molecule has 0 nitrogen and oxygen atoms in total. The number of hydrogen-bond donors (Lipinski definition) is 0. The van der Waals surface area contributed by atoms with Crippen molar-refractivity contribution in [1.82, 2.24) is 0 Å². The Balaban J connectivity index is 0.000000171. The molecular weight excluding hydrogens is 590 g/mol. The molecule has 4 rings (SSSR count). The molecule has 4 aromatic rings. The zero-order chi connectivity index (χ0) is 21.3. The molecule has 0 bridgehead atoms. The first kappa shape index (κ1) is 23.0. The quantitative estimate of drug-likeness (QED) is 0.298. The third-order valence-electron chi connectivity index (χ3n) is 4.48. The molecular formula is C28H28I2+2. The number of rotatable bonds is 4. The fourth-order valence-corrected chi connectivity index (χ4v) is 6.95. The van der Waals surface area contributed by atoms with E-state index in [0.717, 1.165) is 0 Å². The Morgan fingerprint density at radius 1 is 0.300 bits per heavy atom. The minimum absolute atomic E-state index is 0.00313. The molecule has 0 aromatic heterocycles. The van der Waals surface area contributed by atoms with Crippen LogP contribution in [0.15, 0.2) is 97.1 Å². The second-order valence-electron chi connectivity index (χ2n) is 7.37. The highest BCUT2D eigenvalue weighted by Gasteiger charge is 2.14. The van der Waals surface area contributed by atoms with Gasteiger partial charge in [0.15, 0.2) is 14.3 Å². The predicted molar refractivity (Wildman–Crippen MR) is 120 cm³/mol. The van der Waals surface area contributed by atoms with E-state index in [-0.39, 0.29) is 42.4 Å². The van der Waals surface area contributed by atoms with Crippen molar-refractivity contribution in [2.24, 2.45) is 0 Å². The maximum absolute atomic E-state index is 2.25. The average Bonchev–Trinajstić information content (AvgIpc) is 2.75. The summed E-state index contributed by atoms with van der Waals surface area (Å²) in [6, 6.07) is 35.6. The first-order valence-corrected chi connectivity index (χ1v) is 14.4. The van der Waals surface area contributed by atoms with E-state index in [9.17, 15) is 0 Å². The topological polar surface area (TPSA) is 0 Å². The molecule has 0 heterocycles. The van der Waals surface area contributed by atoms with Gasteiger partial charge in [0.25, 0.3) is 0 Å². The smallest absolute Gasteiger partial charge is 0.0548 e. The fourth-order valence-electron chi connectivity index (χ4n) is 2.64. The van der Waals surface area contributed by atoms with Crippen LogP contribution in [-0.2, 0) is 0 Å². The van der Waals surface area contributed by atoms with E-state index < -0.39 is 0 Å². The number of halogens is 2. The summed E-state index contributed by atoms with van der Waals surface area (Å²) in [5.41, 5.74) is 5.36. The Labute approximate surface area is 202 Å². The van der Waals surface area contributed by atoms with E-state index in [0.29, 0.717) is 0 Å². The lowest BCUT2D eigenvalue weighted by molar-refractivity contribution is -0.597. The van der Waals surface area contributed by atoms with Gasteiger partial charge in [-0.05, 0) is 76.2 Å². The third-order valence-corrected chi connectivity index (χ3v) is 9.85. The molecule has 0 aliphatic rings. The van der Waals surface area contributed by atoms with Crippen LogP contribution in [0.25, 0.3) is 0 Å². The van der Waals surface area contributed by atoms with Crippen LogP contribution in [0.3, 0.4) is 0 Å². The van der Waals surface area contributed by atoms with E-state index in [4.69, 9.17) is 0 Å². The Morgan fingerprint density at radius 3 is 0.633 bits per heavy atom. The van der Waals surface area contributed by atoms with Crippen molar-refractivity contribution in [2.45, 2.75) is 27.7 Å². The summed E-state index contributed by atoms with van der Waals surface area (Å²) >= 11 is 0.00627. The molecule has 0 amide bonds. The van der Waals surface area contributed by atoms with Crippen LogP contribution >= 0.6 is 0 Å². The lowest BCUT2D eigenvalue weighted by Crippen LogP contribution is -3.61. The van der Waals surface area contributed by atoms with Crippen LogP contribution in [0.5, 0.6) is 0 Å². The van der Waals surface area contributed by atoms with Crippen molar-refractivity contribution in [3.05, 3.63) is 134 Å². The number of aryl methyl sites for hydroxylation is 4. The third kappa shape index (κ3) is 7.88. The van der Waals surface area contributed by atoms with Crippen molar-refractivity contribution in [3.63, 3.8) is 0 Å². The first-order chi connectivity index (χ1) is 14.5. The van der Waals surface area contributed by atoms with Crippen LogP contribution in [-0.4, -0.2) is 0 Å². The SMILES string of the molecule is Cc1ccc([I+]c2ccc(C)cc2)cc1.Cc1ccc([I+]c2ccc(C)cc2)cc1. The van der Waals surface area contributed by atoms with Crippen LogP contribution in [0, 0.1) is 42.0 Å². The molecule has 0 saturated carbocycles. The maximum atomic E-state index is 2.25. The van der Waals surface area contributed by atoms with E-state index in [1.165, 1.54) is 36.5 Å². The summed E-state index contributed by atoms with van der Waals surface area (Å²) in [5.74, 6) is 0. The van der Waals surface area contributed by atoms with E-state index in [2.05, 4.69) is 125 Å². The molecule has 2 heteroatoms. The largest absolute Gasteiger partial charge is 0.357 e. The van der Waals surface area contributed by atoms with Gasteiger partial charge in [0.2, 0.25) is 0 Å². The van der Waals surface area contributed by atoms with Crippen molar-refractivity contribution in [2.75, 3.05) is 0 Å². The Bertz CT molecular complexity index is 854.